The average molecular weight is 199 g/mol. The van der Waals surface area contributed by atoms with Crippen LogP contribution in [0, 0.1) is 0 Å². The van der Waals surface area contributed by atoms with E-state index in [0.29, 0.717) is 13.0 Å². The van der Waals surface area contributed by atoms with E-state index in [2.05, 4.69) is 4.90 Å². The van der Waals surface area contributed by atoms with Crippen molar-refractivity contribution in [1.82, 2.24) is 4.90 Å². The quantitative estimate of drug-likeness (QED) is 0.671. The Bertz CT molecular complexity index is 254. The highest BCUT2D eigenvalue weighted by atomic mass is 19.1. The zero-order valence-electron chi connectivity index (χ0n) is 8.76. The molecule has 2 aliphatic heterocycles. The number of alkyl halides is 1. The molecule has 0 amide bonds. The van der Waals surface area contributed by atoms with Gasteiger partial charge in [0.1, 0.15) is 6.17 Å². The molecule has 0 spiro atoms. The fourth-order valence-electron chi connectivity index (χ4n) is 3.78. The molecule has 0 N–H and O–H groups in total. The highest BCUT2D eigenvalue weighted by Gasteiger charge is 2.66. The van der Waals surface area contributed by atoms with Gasteiger partial charge in [-0.15, -0.1) is 0 Å². The van der Waals surface area contributed by atoms with Crippen LogP contribution in [0.2, 0.25) is 0 Å². The molecule has 0 radical (unpaired) electrons. The second kappa shape index (κ2) is 2.70. The molecule has 3 aliphatic rings. The molecule has 2 heterocycles. The van der Waals surface area contributed by atoms with Crippen LogP contribution >= 0.6 is 0 Å². The molecule has 0 bridgehead atoms. The van der Waals surface area contributed by atoms with E-state index in [9.17, 15) is 4.39 Å². The van der Waals surface area contributed by atoms with Crippen molar-refractivity contribution in [1.29, 1.82) is 0 Å². The van der Waals surface area contributed by atoms with Gasteiger partial charge in [0.05, 0.1) is 11.1 Å². The number of hydrogen-bond acceptors (Lipinski definition) is 2. The predicted octanol–water partition coefficient (Wildman–Crippen LogP) is 1.74. The summed E-state index contributed by atoms with van der Waals surface area (Å²) in [4.78, 5) is 2.36. The lowest BCUT2D eigenvalue weighted by molar-refractivity contribution is -0.0382. The molecule has 1 aliphatic carbocycles. The van der Waals surface area contributed by atoms with Gasteiger partial charge in [0, 0.05) is 20.1 Å². The van der Waals surface area contributed by atoms with Crippen molar-refractivity contribution < 1.29 is 9.13 Å². The minimum absolute atomic E-state index is 0.0182. The number of rotatable bonds is 2. The maximum Gasteiger partial charge on any atom is 0.115 e. The van der Waals surface area contributed by atoms with E-state index in [1.807, 2.05) is 0 Å². The molecule has 0 aromatic carbocycles. The third kappa shape index (κ3) is 0.924. The molecule has 80 valence electrons. The molecule has 14 heavy (non-hydrogen) atoms. The molecule has 2 atom stereocenters. The summed E-state index contributed by atoms with van der Waals surface area (Å²) in [6, 6.07) is 0. The zero-order chi connectivity index (χ0) is 9.81. The van der Waals surface area contributed by atoms with E-state index < -0.39 is 6.17 Å². The van der Waals surface area contributed by atoms with Crippen molar-refractivity contribution in [2.45, 2.75) is 49.4 Å². The molecular weight excluding hydrogens is 181 g/mol. The number of fused-ring (bicyclic) bond motifs is 1. The minimum atomic E-state index is -0.622. The Morgan fingerprint density at radius 1 is 1.36 bits per heavy atom. The summed E-state index contributed by atoms with van der Waals surface area (Å²) in [6.07, 6.45) is 4.71. The first-order valence-corrected chi connectivity index (χ1v) is 5.67. The average Bonchev–Trinajstić information content (AvgIpc) is 2.77. The maximum atomic E-state index is 13.5. The summed E-state index contributed by atoms with van der Waals surface area (Å²) in [5.74, 6) is 0. The monoisotopic (exact) mass is 199 g/mol. The Morgan fingerprint density at radius 3 is 2.79 bits per heavy atom. The van der Waals surface area contributed by atoms with Crippen LogP contribution in [0.5, 0.6) is 0 Å². The number of hydrogen-bond donors (Lipinski definition) is 0. The van der Waals surface area contributed by atoms with Crippen LogP contribution in [-0.4, -0.2) is 42.4 Å². The smallest absolute Gasteiger partial charge is 0.115 e. The molecule has 2 nitrogen and oxygen atoms in total. The van der Waals surface area contributed by atoms with Crippen LogP contribution in [0.25, 0.3) is 0 Å². The summed E-state index contributed by atoms with van der Waals surface area (Å²) in [5.41, 5.74) is 0.0888. The minimum Gasteiger partial charge on any atom is -0.376 e. The van der Waals surface area contributed by atoms with Crippen LogP contribution in [0.1, 0.15) is 32.1 Å². The first-order valence-electron chi connectivity index (χ1n) is 5.67. The lowest BCUT2D eigenvalue weighted by atomic mass is 9.85. The van der Waals surface area contributed by atoms with E-state index >= 15 is 0 Å². The molecule has 3 fully saturated rings. The third-order valence-corrected chi connectivity index (χ3v) is 4.54. The van der Waals surface area contributed by atoms with Gasteiger partial charge in [-0.05, 0) is 32.2 Å². The summed E-state index contributed by atoms with van der Waals surface area (Å²) in [5, 5.41) is 0. The molecule has 0 aromatic heterocycles. The topological polar surface area (TPSA) is 12.5 Å². The van der Waals surface area contributed by atoms with Crippen LogP contribution in [0.4, 0.5) is 4.39 Å². The van der Waals surface area contributed by atoms with Gasteiger partial charge in [-0.3, -0.25) is 4.90 Å². The summed E-state index contributed by atoms with van der Waals surface area (Å²) >= 11 is 0. The highest BCUT2D eigenvalue weighted by molar-refractivity contribution is 5.21. The van der Waals surface area contributed by atoms with Crippen molar-refractivity contribution >= 4 is 0 Å². The second-order valence-electron chi connectivity index (χ2n) is 5.08. The van der Waals surface area contributed by atoms with Gasteiger partial charge in [0.2, 0.25) is 0 Å². The SMILES string of the molecule is COC1(C23CCCN2CC(F)C3)CC1. The van der Waals surface area contributed by atoms with Crippen LogP contribution in [0.15, 0.2) is 0 Å². The molecule has 3 heteroatoms. The molecule has 2 saturated heterocycles. The maximum absolute atomic E-state index is 13.5. The summed E-state index contributed by atoms with van der Waals surface area (Å²) < 4.78 is 19.2. The Balaban J connectivity index is 1.93. The van der Waals surface area contributed by atoms with Crippen LogP contribution in [0.3, 0.4) is 0 Å². The van der Waals surface area contributed by atoms with Gasteiger partial charge in [0.15, 0.2) is 0 Å². The van der Waals surface area contributed by atoms with Crippen molar-refractivity contribution in [2.24, 2.45) is 0 Å². The van der Waals surface area contributed by atoms with Gasteiger partial charge in [-0.1, -0.05) is 0 Å². The van der Waals surface area contributed by atoms with E-state index in [0.717, 1.165) is 25.8 Å². The lowest BCUT2D eigenvalue weighted by Gasteiger charge is -2.39. The fraction of sp³-hybridized carbons (Fsp3) is 1.00. The Morgan fingerprint density at radius 2 is 2.14 bits per heavy atom. The molecule has 0 aromatic rings. The second-order valence-corrected chi connectivity index (χ2v) is 5.08. The largest absolute Gasteiger partial charge is 0.376 e. The first-order chi connectivity index (χ1) is 6.72. The normalized spacial score (nSPS) is 45.4. The standard InChI is InChI=1S/C11H18FNO/c1-14-11(4-5-11)10-3-2-6-13(10)8-9(12)7-10/h9H,2-8H2,1H3. The summed E-state index contributed by atoms with van der Waals surface area (Å²) in [6.45, 7) is 1.72. The summed E-state index contributed by atoms with van der Waals surface area (Å²) in [7, 11) is 1.80. The van der Waals surface area contributed by atoms with E-state index in [-0.39, 0.29) is 11.1 Å². The van der Waals surface area contributed by atoms with Crippen molar-refractivity contribution in [3.05, 3.63) is 0 Å². The molecule has 1 saturated carbocycles. The van der Waals surface area contributed by atoms with Crippen molar-refractivity contribution in [3.63, 3.8) is 0 Å². The van der Waals surface area contributed by atoms with Crippen LogP contribution < -0.4 is 0 Å². The Kier molecular flexibility index (Phi) is 1.76. The third-order valence-electron chi connectivity index (χ3n) is 4.54. The van der Waals surface area contributed by atoms with Crippen LogP contribution in [-0.2, 0) is 4.74 Å². The van der Waals surface area contributed by atoms with Gasteiger partial charge >= 0.3 is 0 Å². The lowest BCUT2D eigenvalue weighted by Crippen LogP contribution is -2.51. The van der Waals surface area contributed by atoms with E-state index in [4.69, 9.17) is 4.74 Å². The van der Waals surface area contributed by atoms with Gasteiger partial charge in [-0.2, -0.15) is 0 Å². The number of ether oxygens (including phenoxy) is 1. The Hall–Kier alpha value is -0.150. The van der Waals surface area contributed by atoms with Gasteiger partial charge in [-0.25, -0.2) is 4.39 Å². The number of halogens is 1. The van der Waals surface area contributed by atoms with Crippen molar-refractivity contribution in [2.75, 3.05) is 20.2 Å². The number of methoxy groups -OCH3 is 1. The first kappa shape index (κ1) is 9.10. The van der Waals surface area contributed by atoms with Gasteiger partial charge < -0.3 is 4.74 Å². The number of nitrogens with zero attached hydrogens (tertiary/aromatic N) is 1. The molecule has 3 rings (SSSR count). The highest BCUT2D eigenvalue weighted by Crippen LogP contribution is 2.58. The predicted molar refractivity (Wildman–Crippen MR) is 52.0 cm³/mol. The molecule has 2 unspecified atom stereocenters. The fourth-order valence-corrected chi connectivity index (χ4v) is 3.78. The molecular formula is C11H18FNO. The van der Waals surface area contributed by atoms with Gasteiger partial charge in [0.25, 0.3) is 0 Å². The Labute approximate surface area is 84.4 Å². The van der Waals surface area contributed by atoms with E-state index in [1.165, 1.54) is 6.42 Å². The van der Waals surface area contributed by atoms with Crippen molar-refractivity contribution in [3.8, 4) is 0 Å². The zero-order valence-corrected chi connectivity index (χ0v) is 8.76. The van der Waals surface area contributed by atoms with E-state index in [1.54, 1.807) is 7.11 Å².